The number of ketones is 1. The molecule has 0 heterocycles. The number of rotatable bonds is 2. The molecule has 0 bridgehead atoms. The third-order valence-electron chi connectivity index (χ3n) is 9.25. The van der Waals surface area contributed by atoms with E-state index in [1.54, 1.807) is 0 Å². The van der Waals surface area contributed by atoms with Gasteiger partial charge in [-0.25, -0.2) is 0 Å². The van der Waals surface area contributed by atoms with Crippen molar-refractivity contribution < 1.29 is 19.8 Å². The molecule has 4 nitrogen and oxygen atoms in total. The van der Waals surface area contributed by atoms with Crippen LogP contribution in [0.1, 0.15) is 78.1 Å². The Labute approximate surface area is 150 Å². The lowest BCUT2D eigenvalue weighted by molar-refractivity contribution is -0.167. The van der Waals surface area contributed by atoms with Crippen LogP contribution in [0.5, 0.6) is 0 Å². The zero-order chi connectivity index (χ0) is 18.0. The number of aliphatic carboxylic acids is 1. The number of aliphatic hydroxyl groups is 1. The van der Waals surface area contributed by atoms with Crippen molar-refractivity contribution in [2.24, 2.45) is 34.5 Å². The average Bonchev–Trinajstić information content (AvgIpc) is 2.79. The van der Waals surface area contributed by atoms with E-state index < -0.39 is 11.6 Å². The maximum absolute atomic E-state index is 12.0. The quantitative estimate of drug-likeness (QED) is 0.796. The van der Waals surface area contributed by atoms with Gasteiger partial charge in [0.1, 0.15) is 5.78 Å². The molecular weight excluding hydrogens is 316 g/mol. The number of carboxylic acid groups (broad SMARTS) is 1. The fraction of sp³-hybridized carbons (Fsp3) is 0.905. The van der Waals surface area contributed by atoms with E-state index in [0.29, 0.717) is 35.9 Å². The van der Waals surface area contributed by atoms with Crippen molar-refractivity contribution in [3.63, 3.8) is 0 Å². The second-order valence-electron chi connectivity index (χ2n) is 10.00. The van der Waals surface area contributed by atoms with Crippen molar-refractivity contribution >= 4 is 11.8 Å². The van der Waals surface area contributed by atoms with Gasteiger partial charge < -0.3 is 10.2 Å². The molecule has 7 atom stereocenters. The van der Waals surface area contributed by atoms with E-state index in [4.69, 9.17) is 0 Å². The van der Waals surface area contributed by atoms with Gasteiger partial charge in [0.05, 0.1) is 12.0 Å². The Morgan fingerprint density at radius 3 is 2.52 bits per heavy atom. The first-order valence-electron chi connectivity index (χ1n) is 10.2. The summed E-state index contributed by atoms with van der Waals surface area (Å²) >= 11 is 0. The Hall–Kier alpha value is -0.900. The number of carbonyl (C=O) groups excluding carboxylic acids is 1. The normalized spacial score (nSPS) is 52.2. The smallest absolute Gasteiger partial charge is 0.306 e. The molecule has 2 N–H and O–H groups in total. The summed E-state index contributed by atoms with van der Waals surface area (Å²) in [6, 6.07) is 0. The number of Topliss-reactive ketones (excluding diaryl/α,β-unsaturated/α-hetero) is 1. The molecule has 2 unspecified atom stereocenters. The van der Waals surface area contributed by atoms with Gasteiger partial charge in [-0.2, -0.15) is 0 Å². The number of carbonyl (C=O) groups is 2. The summed E-state index contributed by atoms with van der Waals surface area (Å²) < 4.78 is 0. The Morgan fingerprint density at radius 2 is 1.80 bits per heavy atom. The molecule has 0 aromatic carbocycles. The monoisotopic (exact) mass is 348 g/mol. The molecule has 0 radical (unpaired) electrons. The van der Waals surface area contributed by atoms with E-state index in [-0.39, 0.29) is 17.3 Å². The van der Waals surface area contributed by atoms with Crippen LogP contribution in [0.3, 0.4) is 0 Å². The van der Waals surface area contributed by atoms with Gasteiger partial charge in [0.15, 0.2) is 0 Å². The molecule has 4 rings (SSSR count). The summed E-state index contributed by atoms with van der Waals surface area (Å²) in [6.45, 7) is 4.57. The Bertz CT molecular complexity index is 601. The van der Waals surface area contributed by atoms with Crippen LogP contribution in [0.25, 0.3) is 0 Å². The summed E-state index contributed by atoms with van der Waals surface area (Å²) in [7, 11) is 0. The van der Waals surface area contributed by atoms with Gasteiger partial charge >= 0.3 is 5.97 Å². The van der Waals surface area contributed by atoms with E-state index in [1.807, 2.05) is 0 Å². The maximum Gasteiger partial charge on any atom is 0.306 e. The van der Waals surface area contributed by atoms with Crippen LogP contribution in [0.2, 0.25) is 0 Å². The van der Waals surface area contributed by atoms with Crippen LogP contribution in [0.4, 0.5) is 0 Å². The first-order valence-corrected chi connectivity index (χ1v) is 10.2. The predicted octanol–water partition coefficient (Wildman–Crippen LogP) is 3.80. The zero-order valence-corrected chi connectivity index (χ0v) is 15.6. The largest absolute Gasteiger partial charge is 0.481 e. The highest BCUT2D eigenvalue weighted by molar-refractivity contribution is 5.79. The second kappa shape index (κ2) is 5.55. The molecule has 4 heteroatoms. The van der Waals surface area contributed by atoms with E-state index >= 15 is 0 Å². The lowest BCUT2D eigenvalue weighted by Crippen LogP contribution is -2.57. The molecule has 140 valence electrons. The molecule has 4 fully saturated rings. The Kier molecular flexibility index (Phi) is 3.89. The van der Waals surface area contributed by atoms with E-state index in [2.05, 4.69) is 13.8 Å². The lowest BCUT2D eigenvalue weighted by Gasteiger charge is -2.61. The van der Waals surface area contributed by atoms with Crippen molar-refractivity contribution in [2.75, 3.05) is 0 Å². The van der Waals surface area contributed by atoms with E-state index in [1.165, 1.54) is 0 Å². The van der Waals surface area contributed by atoms with Gasteiger partial charge in [0.2, 0.25) is 0 Å². The highest BCUT2D eigenvalue weighted by Crippen LogP contribution is 2.68. The van der Waals surface area contributed by atoms with Gasteiger partial charge in [0.25, 0.3) is 0 Å². The highest BCUT2D eigenvalue weighted by atomic mass is 16.4. The molecule has 4 saturated carbocycles. The third-order valence-corrected chi connectivity index (χ3v) is 9.25. The van der Waals surface area contributed by atoms with Crippen LogP contribution in [0.15, 0.2) is 0 Å². The fourth-order valence-electron chi connectivity index (χ4n) is 7.70. The van der Waals surface area contributed by atoms with Gasteiger partial charge in [-0.1, -0.05) is 13.8 Å². The standard InChI is InChI=1S/C21H32O4/c1-19-8-5-14(22)11-13(19)3-4-15-16(19)6-9-20(2)17(15)7-10-21(20,25)12-18(23)24/h13,15-17,25H,3-12H2,1-2H3,(H,23,24)/t13?,15-,16-,17+,19+,20+,21?/m1/s1. The minimum absolute atomic E-state index is 0.119. The van der Waals surface area contributed by atoms with Gasteiger partial charge in [-0.05, 0) is 79.4 Å². The van der Waals surface area contributed by atoms with Crippen LogP contribution >= 0.6 is 0 Å². The molecular formula is C21H32O4. The number of carboxylic acids is 1. The van der Waals surface area contributed by atoms with E-state index in [0.717, 1.165) is 51.4 Å². The zero-order valence-electron chi connectivity index (χ0n) is 15.6. The van der Waals surface area contributed by atoms with Crippen LogP contribution in [-0.4, -0.2) is 27.6 Å². The lowest BCUT2D eigenvalue weighted by atomic mass is 9.44. The second-order valence-corrected chi connectivity index (χ2v) is 10.00. The third kappa shape index (κ3) is 2.35. The van der Waals surface area contributed by atoms with Crippen molar-refractivity contribution in [3.8, 4) is 0 Å². The first-order chi connectivity index (χ1) is 11.7. The molecule has 4 aliphatic carbocycles. The predicted molar refractivity (Wildman–Crippen MR) is 93.9 cm³/mol. The fourth-order valence-corrected chi connectivity index (χ4v) is 7.70. The number of hydrogen-bond donors (Lipinski definition) is 2. The summed E-state index contributed by atoms with van der Waals surface area (Å²) in [5.41, 5.74) is -1.04. The minimum atomic E-state index is -1.05. The van der Waals surface area contributed by atoms with Crippen molar-refractivity contribution in [1.82, 2.24) is 0 Å². The molecule has 0 spiro atoms. The summed E-state index contributed by atoms with van der Waals surface area (Å²) in [5.74, 6) is 1.77. The van der Waals surface area contributed by atoms with Gasteiger partial charge in [-0.15, -0.1) is 0 Å². The number of fused-ring (bicyclic) bond motifs is 5. The highest BCUT2D eigenvalue weighted by Gasteiger charge is 2.64. The van der Waals surface area contributed by atoms with Crippen molar-refractivity contribution in [2.45, 2.75) is 83.7 Å². The SMILES string of the molecule is C[C@]12CCC(=O)CC1CC[C@@H]1[C@H]2CC[C@@]2(C)[C@H]1CCC2(O)CC(=O)O. The summed E-state index contributed by atoms with van der Waals surface area (Å²) in [6.07, 6.45) is 8.30. The molecule has 25 heavy (non-hydrogen) atoms. The van der Waals surface area contributed by atoms with Crippen molar-refractivity contribution in [1.29, 1.82) is 0 Å². The molecule has 0 aromatic rings. The minimum Gasteiger partial charge on any atom is -0.481 e. The average molecular weight is 348 g/mol. The topological polar surface area (TPSA) is 74.6 Å². The summed E-state index contributed by atoms with van der Waals surface area (Å²) in [5, 5.41) is 20.5. The molecule has 0 aliphatic heterocycles. The Balaban J connectivity index is 1.62. The molecule has 4 aliphatic rings. The molecule has 0 amide bonds. The van der Waals surface area contributed by atoms with Crippen molar-refractivity contribution in [3.05, 3.63) is 0 Å². The number of hydrogen-bond acceptors (Lipinski definition) is 3. The molecule has 0 aromatic heterocycles. The van der Waals surface area contributed by atoms with Gasteiger partial charge in [0, 0.05) is 12.8 Å². The van der Waals surface area contributed by atoms with E-state index in [9.17, 15) is 19.8 Å². The van der Waals surface area contributed by atoms with Crippen LogP contribution in [-0.2, 0) is 9.59 Å². The van der Waals surface area contributed by atoms with Crippen LogP contribution < -0.4 is 0 Å². The van der Waals surface area contributed by atoms with Gasteiger partial charge in [-0.3, -0.25) is 9.59 Å². The molecule has 0 saturated heterocycles. The Morgan fingerprint density at radius 1 is 1.08 bits per heavy atom. The summed E-state index contributed by atoms with van der Waals surface area (Å²) in [4.78, 5) is 23.3. The first kappa shape index (κ1) is 17.5. The maximum atomic E-state index is 12.0. The van der Waals surface area contributed by atoms with Crippen LogP contribution in [0, 0.1) is 34.5 Å².